The molecule has 102 valence electrons. The molecule has 4 atom stereocenters. The Morgan fingerprint density at radius 1 is 1.42 bits per heavy atom. The summed E-state index contributed by atoms with van der Waals surface area (Å²) < 4.78 is 6.81. The van der Waals surface area contributed by atoms with Gasteiger partial charge in [-0.25, -0.2) is 4.98 Å². The van der Waals surface area contributed by atoms with E-state index in [1.165, 1.54) is 23.2 Å². The number of hydrogen-bond acceptors (Lipinski definition) is 6. The van der Waals surface area contributed by atoms with Crippen LogP contribution in [0.1, 0.15) is 6.23 Å². The molecule has 2 aromatic rings. The number of nitrogens with one attached hydrogen (secondary N) is 1. The summed E-state index contributed by atoms with van der Waals surface area (Å²) in [6, 6.07) is 1.34. The Hall–Kier alpha value is -1.74. The van der Waals surface area contributed by atoms with Gasteiger partial charge in [0, 0.05) is 12.3 Å². The molecule has 0 bridgehead atoms. The summed E-state index contributed by atoms with van der Waals surface area (Å²) in [7, 11) is 0. The topological polar surface area (TPSA) is 121 Å². The van der Waals surface area contributed by atoms with Gasteiger partial charge in [-0.1, -0.05) is 0 Å². The smallest absolute Gasteiger partial charge is 0.209 e. The van der Waals surface area contributed by atoms with Crippen LogP contribution in [0.3, 0.4) is 0 Å². The van der Waals surface area contributed by atoms with Gasteiger partial charge in [-0.05, 0) is 0 Å². The number of hydrogen-bond donors (Lipinski definition) is 4. The van der Waals surface area contributed by atoms with Crippen LogP contribution in [0.5, 0.6) is 0 Å². The van der Waals surface area contributed by atoms with E-state index in [0.29, 0.717) is 5.65 Å². The van der Waals surface area contributed by atoms with E-state index in [4.69, 9.17) is 9.84 Å². The Morgan fingerprint density at radius 3 is 2.89 bits per heavy atom. The molecule has 2 aromatic heterocycles. The molecule has 19 heavy (non-hydrogen) atoms. The number of aromatic amines is 1. The van der Waals surface area contributed by atoms with E-state index in [0.717, 1.165) is 0 Å². The summed E-state index contributed by atoms with van der Waals surface area (Å²) in [6.45, 7) is -0.405. The summed E-state index contributed by atoms with van der Waals surface area (Å²) in [6.07, 6.45) is -1.36. The van der Waals surface area contributed by atoms with Gasteiger partial charge in [0.15, 0.2) is 11.7 Å². The normalized spacial score (nSPS) is 31.1. The molecule has 3 heterocycles. The van der Waals surface area contributed by atoms with E-state index >= 15 is 0 Å². The van der Waals surface area contributed by atoms with Gasteiger partial charge in [-0.15, -0.1) is 0 Å². The lowest BCUT2D eigenvalue weighted by atomic mass is 10.1. The van der Waals surface area contributed by atoms with Crippen LogP contribution in [-0.4, -0.2) is 54.8 Å². The first-order valence-electron chi connectivity index (χ1n) is 5.80. The zero-order valence-electron chi connectivity index (χ0n) is 9.80. The van der Waals surface area contributed by atoms with Gasteiger partial charge in [0.25, 0.3) is 0 Å². The van der Waals surface area contributed by atoms with E-state index in [9.17, 15) is 15.0 Å². The van der Waals surface area contributed by atoms with Crippen molar-refractivity contribution in [3.63, 3.8) is 0 Å². The lowest BCUT2D eigenvalue weighted by molar-refractivity contribution is -0.0511. The Balaban J connectivity index is 2.06. The molecule has 4 unspecified atom stereocenters. The Kier molecular flexibility index (Phi) is 2.86. The number of ether oxygens (including phenoxy) is 1. The van der Waals surface area contributed by atoms with Crippen molar-refractivity contribution in [2.45, 2.75) is 24.5 Å². The van der Waals surface area contributed by atoms with Gasteiger partial charge in [0.2, 0.25) is 5.43 Å². The largest absolute Gasteiger partial charge is 0.394 e. The van der Waals surface area contributed by atoms with Crippen LogP contribution >= 0.6 is 0 Å². The van der Waals surface area contributed by atoms with E-state index in [2.05, 4.69) is 9.97 Å². The van der Waals surface area contributed by atoms with Crippen LogP contribution < -0.4 is 5.43 Å². The number of rotatable bonds is 2. The summed E-state index contributed by atoms with van der Waals surface area (Å²) >= 11 is 0. The maximum absolute atomic E-state index is 11.6. The van der Waals surface area contributed by atoms with Gasteiger partial charge < -0.3 is 25.0 Å². The van der Waals surface area contributed by atoms with Crippen LogP contribution in [0.25, 0.3) is 11.2 Å². The number of aliphatic hydroxyl groups excluding tert-OH is 3. The molecule has 0 aromatic carbocycles. The van der Waals surface area contributed by atoms with Gasteiger partial charge in [-0.3, -0.25) is 9.36 Å². The number of imidazole rings is 1. The Bertz CT molecular complexity index is 651. The van der Waals surface area contributed by atoms with Crippen LogP contribution in [0.4, 0.5) is 0 Å². The minimum atomic E-state index is -1.21. The maximum Gasteiger partial charge on any atom is 0.209 e. The second-order valence-electron chi connectivity index (χ2n) is 4.42. The highest BCUT2D eigenvalue weighted by atomic mass is 16.6. The summed E-state index contributed by atoms with van der Waals surface area (Å²) in [5.41, 5.74) is 0.363. The van der Waals surface area contributed by atoms with E-state index < -0.39 is 31.1 Å². The van der Waals surface area contributed by atoms with E-state index in [1.807, 2.05) is 0 Å². The number of aliphatic hydroxyl groups is 3. The van der Waals surface area contributed by atoms with E-state index in [1.54, 1.807) is 0 Å². The minimum absolute atomic E-state index is 0.222. The second kappa shape index (κ2) is 4.42. The van der Waals surface area contributed by atoms with Crippen molar-refractivity contribution in [3.8, 4) is 0 Å². The predicted molar refractivity (Wildman–Crippen MR) is 63.4 cm³/mol. The van der Waals surface area contributed by atoms with Crippen molar-refractivity contribution in [2.75, 3.05) is 6.61 Å². The quantitative estimate of drug-likeness (QED) is 0.516. The van der Waals surface area contributed by atoms with Crippen molar-refractivity contribution in [1.29, 1.82) is 0 Å². The van der Waals surface area contributed by atoms with Crippen LogP contribution in [-0.2, 0) is 4.74 Å². The molecule has 0 amide bonds. The van der Waals surface area contributed by atoms with E-state index in [-0.39, 0.29) is 10.9 Å². The Morgan fingerprint density at radius 2 is 2.21 bits per heavy atom. The minimum Gasteiger partial charge on any atom is -0.394 e. The molecule has 0 aliphatic carbocycles. The maximum atomic E-state index is 11.6. The van der Waals surface area contributed by atoms with Gasteiger partial charge in [0.05, 0.1) is 12.9 Å². The molecule has 0 radical (unpaired) electrons. The molecule has 4 N–H and O–H groups in total. The standard InChI is InChI=1S/C11H13N3O5/c15-3-6-8(17)9(18)11(19-6)14-4-13-7-5(16)1-2-12-10(7)14/h1-2,4,6,8-9,11,15,17-18H,3H2,(H,12,16). The molecule has 1 aliphatic heterocycles. The predicted octanol–water partition coefficient (Wildman–Crippen LogP) is -1.66. The lowest BCUT2D eigenvalue weighted by Crippen LogP contribution is -2.33. The van der Waals surface area contributed by atoms with Crippen LogP contribution in [0.15, 0.2) is 23.4 Å². The molecule has 1 fully saturated rings. The molecule has 1 aliphatic rings. The fourth-order valence-corrected chi connectivity index (χ4v) is 2.26. The van der Waals surface area contributed by atoms with Crippen LogP contribution in [0.2, 0.25) is 0 Å². The number of H-pyrrole nitrogens is 1. The summed E-state index contributed by atoms with van der Waals surface area (Å²) in [4.78, 5) is 18.4. The SMILES string of the molecule is O=c1cc[nH]c2c1ncn2C1OC(CO)C(O)C1O. The monoisotopic (exact) mass is 267 g/mol. The first kappa shape index (κ1) is 12.3. The van der Waals surface area contributed by atoms with Gasteiger partial charge in [-0.2, -0.15) is 0 Å². The molecule has 0 saturated carbocycles. The first-order chi connectivity index (χ1) is 9.13. The highest BCUT2D eigenvalue weighted by molar-refractivity contribution is 5.70. The van der Waals surface area contributed by atoms with Crippen molar-refractivity contribution in [2.24, 2.45) is 0 Å². The Labute approximate surface area is 106 Å². The third kappa shape index (κ3) is 1.77. The first-order valence-corrected chi connectivity index (χ1v) is 5.80. The molecule has 0 spiro atoms. The summed E-state index contributed by atoms with van der Waals surface area (Å²) in [5.74, 6) is 0. The molecular weight excluding hydrogens is 254 g/mol. The number of fused-ring (bicyclic) bond motifs is 1. The van der Waals surface area contributed by atoms with Gasteiger partial charge in [0.1, 0.15) is 24.0 Å². The average molecular weight is 267 g/mol. The highest BCUT2D eigenvalue weighted by Gasteiger charge is 2.43. The number of pyridine rings is 1. The zero-order chi connectivity index (χ0) is 13.6. The zero-order valence-corrected chi connectivity index (χ0v) is 9.80. The second-order valence-corrected chi connectivity index (χ2v) is 4.42. The van der Waals surface area contributed by atoms with Crippen molar-refractivity contribution in [3.05, 3.63) is 28.8 Å². The molecule has 8 heteroatoms. The van der Waals surface area contributed by atoms with Crippen molar-refractivity contribution < 1.29 is 20.1 Å². The third-order valence-electron chi connectivity index (χ3n) is 3.27. The molecular formula is C11H13N3O5. The number of nitrogens with zero attached hydrogens (tertiary/aromatic N) is 2. The molecule has 8 nitrogen and oxygen atoms in total. The highest BCUT2D eigenvalue weighted by Crippen LogP contribution is 2.30. The molecule has 3 rings (SSSR count). The molecule has 1 saturated heterocycles. The fraction of sp³-hybridized carbons (Fsp3) is 0.455. The lowest BCUT2D eigenvalue weighted by Gasteiger charge is -2.16. The summed E-state index contributed by atoms with van der Waals surface area (Å²) in [5, 5.41) is 28.7. The van der Waals surface area contributed by atoms with Gasteiger partial charge >= 0.3 is 0 Å². The number of aromatic nitrogens is 3. The van der Waals surface area contributed by atoms with Crippen molar-refractivity contribution >= 4 is 11.2 Å². The van der Waals surface area contributed by atoms with Crippen molar-refractivity contribution in [1.82, 2.24) is 14.5 Å². The third-order valence-corrected chi connectivity index (χ3v) is 3.27. The van der Waals surface area contributed by atoms with Crippen LogP contribution in [0, 0.1) is 0 Å². The fourth-order valence-electron chi connectivity index (χ4n) is 2.26. The average Bonchev–Trinajstić information content (AvgIpc) is 2.94.